The van der Waals surface area contributed by atoms with Gasteiger partial charge in [-0.2, -0.15) is 8.42 Å². The molecule has 0 fully saturated rings. The van der Waals surface area contributed by atoms with Gasteiger partial charge in [0.15, 0.2) is 0 Å². The van der Waals surface area contributed by atoms with Gasteiger partial charge in [0.25, 0.3) is 10.1 Å². The van der Waals surface area contributed by atoms with Crippen LogP contribution in [0.5, 0.6) is 5.75 Å². The van der Waals surface area contributed by atoms with Gasteiger partial charge in [-0.15, -0.1) is 5.54 Å². The molecule has 1 atom stereocenters. The van der Waals surface area contributed by atoms with Crippen molar-refractivity contribution in [3.05, 3.63) is 65.9 Å². The molecular formula is C23H26O5SSi. The zero-order valence-electron chi connectivity index (χ0n) is 17.6. The lowest BCUT2D eigenvalue weighted by atomic mass is 10.1. The van der Waals surface area contributed by atoms with Crippen molar-refractivity contribution in [2.45, 2.75) is 38.8 Å². The molecule has 0 saturated heterocycles. The van der Waals surface area contributed by atoms with E-state index in [1.54, 1.807) is 6.26 Å². The van der Waals surface area contributed by atoms with Crippen molar-refractivity contribution >= 4 is 29.2 Å². The zero-order valence-corrected chi connectivity index (χ0v) is 19.5. The maximum absolute atomic E-state index is 11.7. The molecule has 158 valence electrons. The molecular weight excluding hydrogens is 416 g/mol. The topological polar surface area (TPSA) is 65.7 Å². The Bertz CT molecular complexity index is 1180. The van der Waals surface area contributed by atoms with E-state index in [0.29, 0.717) is 18.8 Å². The van der Waals surface area contributed by atoms with E-state index < -0.39 is 24.3 Å². The predicted octanol–water partition coefficient (Wildman–Crippen LogP) is 4.78. The summed E-state index contributed by atoms with van der Waals surface area (Å²) in [6, 6.07) is 15.3. The normalized spacial score (nSPS) is 12.9. The lowest BCUT2D eigenvalue weighted by molar-refractivity contribution is 0.260. The summed E-state index contributed by atoms with van der Waals surface area (Å²) in [4.78, 5) is 0. The largest absolute Gasteiger partial charge is 0.488 e. The Hall–Kier alpha value is -2.53. The molecule has 0 aliphatic rings. The Morgan fingerprint density at radius 1 is 1.03 bits per heavy atom. The van der Waals surface area contributed by atoms with E-state index in [0.717, 1.165) is 28.4 Å². The lowest BCUT2D eigenvalue weighted by Crippen LogP contribution is -2.22. The fraction of sp³-hybridized carbons (Fsp3) is 0.304. The Kier molecular flexibility index (Phi) is 6.71. The van der Waals surface area contributed by atoms with Crippen molar-refractivity contribution in [1.82, 2.24) is 0 Å². The van der Waals surface area contributed by atoms with Crippen LogP contribution in [0.15, 0.2) is 59.2 Å². The summed E-state index contributed by atoms with van der Waals surface area (Å²) in [5.41, 5.74) is 5.80. The second kappa shape index (κ2) is 9.09. The Labute approximate surface area is 179 Å². The molecule has 0 spiro atoms. The van der Waals surface area contributed by atoms with Gasteiger partial charge in [0, 0.05) is 17.4 Å². The minimum Gasteiger partial charge on any atom is -0.488 e. The molecule has 0 amide bonds. The van der Waals surface area contributed by atoms with Gasteiger partial charge in [0.05, 0.1) is 12.5 Å². The molecule has 1 heterocycles. The first-order valence-corrected chi connectivity index (χ1v) is 15.0. The van der Waals surface area contributed by atoms with Crippen molar-refractivity contribution < 1.29 is 21.8 Å². The highest BCUT2D eigenvalue weighted by Gasteiger charge is 2.18. The molecule has 0 aliphatic carbocycles. The van der Waals surface area contributed by atoms with Crippen LogP contribution in [0.4, 0.5) is 0 Å². The van der Waals surface area contributed by atoms with Crippen molar-refractivity contribution in [3.8, 4) is 17.2 Å². The summed E-state index contributed by atoms with van der Waals surface area (Å²) >= 11 is 0. The molecule has 1 aromatic heterocycles. The van der Waals surface area contributed by atoms with Gasteiger partial charge in [0.1, 0.15) is 32.1 Å². The van der Waals surface area contributed by atoms with Crippen LogP contribution >= 0.6 is 0 Å². The average Bonchev–Trinajstić information content (AvgIpc) is 3.07. The number of furan rings is 1. The summed E-state index contributed by atoms with van der Waals surface area (Å²) < 4.78 is 40.3. The lowest BCUT2D eigenvalue weighted by Gasteiger charge is -2.15. The number of fused-ring (bicyclic) bond motifs is 1. The van der Waals surface area contributed by atoms with E-state index in [1.807, 2.05) is 48.5 Å². The third kappa shape index (κ3) is 6.49. The maximum Gasteiger partial charge on any atom is 0.265 e. The minimum atomic E-state index is -3.64. The second-order valence-corrected chi connectivity index (χ2v) is 14.5. The monoisotopic (exact) mass is 442 g/mol. The molecule has 1 unspecified atom stereocenters. The third-order valence-electron chi connectivity index (χ3n) is 4.22. The van der Waals surface area contributed by atoms with Crippen molar-refractivity contribution in [2.75, 3.05) is 6.26 Å². The highest BCUT2D eigenvalue weighted by atomic mass is 32.2. The molecule has 0 aliphatic heterocycles. The first-order chi connectivity index (χ1) is 14.1. The fourth-order valence-corrected chi connectivity index (χ4v) is 4.06. The quantitative estimate of drug-likeness (QED) is 0.299. The molecule has 0 bridgehead atoms. The Morgan fingerprint density at radius 3 is 2.47 bits per heavy atom. The van der Waals surface area contributed by atoms with Gasteiger partial charge in [0.2, 0.25) is 0 Å². The molecule has 2 aromatic carbocycles. The summed E-state index contributed by atoms with van der Waals surface area (Å²) in [7, 11) is -5.32. The number of hydrogen-bond donors (Lipinski definition) is 0. The number of para-hydroxylation sites is 2. The van der Waals surface area contributed by atoms with Crippen LogP contribution in [0.2, 0.25) is 19.6 Å². The van der Waals surface area contributed by atoms with E-state index in [2.05, 4.69) is 31.1 Å². The van der Waals surface area contributed by atoms with E-state index in [1.165, 1.54) is 0 Å². The number of ether oxygens (including phenoxy) is 1. The van der Waals surface area contributed by atoms with E-state index >= 15 is 0 Å². The Morgan fingerprint density at radius 2 is 1.73 bits per heavy atom. The highest BCUT2D eigenvalue weighted by Crippen LogP contribution is 2.25. The zero-order chi connectivity index (χ0) is 21.8. The minimum absolute atomic E-state index is 0.312. The van der Waals surface area contributed by atoms with Crippen LogP contribution in [-0.4, -0.2) is 28.9 Å². The smallest absolute Gasteiger partial charge is 0.265 e. The summed E-state index contributed by atoms with van der Waals surface area (Å²) in [5, 5.41) is 1.01. The standard InChI is InChI=1S/C23H26O5SSi/c1-29(24,25)28-20(13-14-30(2,3)4)15-18-9-5-7-11-22(18)26-16-19-17-27-23-12-8-6-10-21(19)23/h5-12,17,20H,15-16H2,1-4H3. The first-order valence-electron chi connectivity index (χ1n) is 9.67. The predicted molar refractivity (Wildman–Crippen MR) is 122 cm³/mol. The average molecular weight is 443 g/mol. The van der Waals surface area contributed by atoms with Crippen LogP contribution in [0, 0.1) is 11.5 Å². The van der Waals surface area contributed by atoms with Crippen molar-refractivity contribution in [2.24, 2.45) is 0 Å². The van der Waals surface area contributed by atoms with Crippen LogP contribution in [0.25, 0.3) is 11.0 Å². The summed E-state index contributed by atoms with van der Waals surface area (Å²) in [5.74, 6) is 3.69. The maximum atomic E-state index is 11.7. The Balaban J connectivity index is 1.80. The SMILES string of the molecule is C[Si](C)(C)C#CC(Cc1ccccc1OCc1coc2ccccc12)OS(C)(=O)=O. The van der Waals surface area contributed by atoms with Gasteiger partial charge in [-0.1, -0.05) is 62.0 Å². The molecule has 0 N–H and O–H groups in total. The number of rotatable bonds is 7. The highest BCUT2D eigenvalue weighted by molar-refractivity contribution is 7.86. The molecule has 0 saturated carbocycles. The first kappa shape index (κ1) is 22.2. The van der Waals surface area contributed by atoms with Crippen LogP contribution in [0.1, 0.15) is 11.1 Å². The fourth-order valence-electron chi connectivity index (χ4n) is 2.93. The van der Waals surface area contributed by atoms with Crippen LogP contribution < -0.4 is 4.74 Å². The van der Waals surface area contributed by atoms with Gasteiger partial charge in [-0.05, 0) is 17.7 Å². The van der Waals surface area contributed by atoms with Crippen LogP contribution in [-0.2, 0) is 27.3 Å². The van der Waals surface area contributed by atoms with Gasteiger partial charge in [-0.25, -0.2) is 0 Å². The molecule has 0 radical (unpaired) electrons. The van der Waals surface area contributed by atoms with E-state index in [-0.39, 0.29) is 0 Å². The van der Waals surface area contributed by atoms with E-state index in [9.17, 15) is 8.42 Å². The van der Waals surface area contributed by atoms with Crippen molar-refractivity contribution in [3.63, 3.8) is 0 Å². The molecule has 5 nitrogen and oxygen atoms in total. The molecule has 3 aromatic rings. The van der Waals surface area contributed by atoms with Crippen molar-refractivity contribution in [1.29, 1.82) is 0 Å². The van der Waals surface area contributed by atoms with Crippen LogP contribution in [0.3, 0.4) is 0 Å². The number of benzene rings is 2. The molecule has 7 heteroatoms. The second-order valence-electron chi connectivity index (χ2n) is 8.17. The van der Waals surface area contributed by atoms with Gasteiger partial charge in [-0.3, -0.25) is 4.18 Å². The number of hydrogen-bond acceptors (Lipinski definition) is 5. The molecule has 3 rings (SSSR count). The summed E-state index contributed by atoms with van der Waals surface area (Å²) in [6.45, 7) is 6.64. The molecule has 30 heavy (non-hydrogen) atoms. The van der Waals surface area contributed by atoms with Gasteiger partial charge >= 0.3 is 0 Å². The third-order valence-corrected chi connectivity index (χ3v) is 5.70. The van der Waals surface area contributed by atoms with Gasteiger partial charge < -0.3 is 9.15 Å². The summed E-state index contributed by atoms with van der Waals surface area (Å²) in [6.07, 6.45) is 2.30. The van der Waals surface area contributed by atoms with E-state index in [4.69, 9.17) is 13.3 Å².